The Balaban J connectivity index is 1.33. The van der Waals surface area contributed by atoms with Gasteiger partial charge in [0, 0.05) is 19.2 Å². The Morgan fingerprint density at radius 2 is 1.80 bits per heavy atom. The molecule has 1 heterocycles. The number of sulfonamides is 1. The summed E-state index contributed by atoms with van der Waals surface area (Å²) in [5, 5.41) is 2.23. The lowest BCUT2D eigenvalue weighted by atomic mass is 10.1. The largest absolute Gasteiger partial charge is 0.493 e. The fraction of sp³-hybridized carbons (Fsp3) is 0.333. The van der Waals surface area contributed by atoms with Gasteiger partial charge in [-0.25, -0.2) is 17.9 Å². The second-order valence-corrected chi connectivity index (χ2v) is 9.35. The molecule has 4 rings (SSSR count). The first-order chi connectivity index (χ1) is 14.4. The normalized spacial score (nSPS) is 16.6. The van der Waals surface area contributed by atoms with E-state index in [0.29, 0.717) is 24.8 Å². The summed E-state index contributed by atoms with van der Waals surface area (Å²) in [6.07, 6.45) is 2.34. The number of carbonyl (C=O) groups is 2. The molecule has 8 nitrogen and oxygen atoms in total. The van der Waals surface area contributed by atoms with Gasteiger partial charge in [-0.05, 0) is 42.0 Å². The fourth-order valence-corrected chi connectivity index (χ4v) is 4.14. The van der Waals surface area contributed by atoms with Gasteiger partial charge in [0.1, 0.15) is 12.3 Å². The van der Waals surface area contributed by atoms with Gasteiger partial charge >= 0.3 is 6.03 Å². The molecule has 3 amide bonds. The minimum absolute atomic E-state index is 0.0455. The summed E-state index contributed by atoms with van der Waals surface area (Å²) >= 11 is 0. The van der Waals surface area contributed by atoms with Gasteiger partial charge in [-0.15, -0.1) is 0 Å². The highest BCUT2D eigenvalue weighted by Crippen LogP contribution is 2.30. The summed E-state index contributed by atoms with van der Waals surface area (Å²) in [6.45, 7) is 1.12. The minimum Gasteiger partial charge on any atom is -0.493 e. The van der Waals surface area contributed by atoms with E-state index in [-0.39, 0.29) is 23.9 Å². The first-order valence-corrected chi connectivity index (χ1v) is 11.3. The summed E-state index contributed by atoms with van der Waals surface area (Å²) < 4.78 is 33.5. The maximum Gasteiger partial charge on any atom is 0.324 e. The predicted octanol–water partition coefficient (Wildman–Crippen LogP) is 2.01. The molecule has 2 aromatic carbocycles. The van der Waals surface area contributed by atoms with E-state index in [0.717, 1.165) is 11.1 Å². The number of nitrogens with zero attached hydrogens (tertiary/aromatic N) is 1. The van der Waals surface area contributed by atoms with Gasteiger partial charge in [0.15, 0.2) is 0 Å². The number of carbonyl (C=O) groups excluding carboxylic acids is 2. The quantitative estimate of drug-likeness (QED) is 0.594. The number of hydrogen-bond donors (Lipinski definition) is 2. The zero-order chi connectivity index (χ0) is 21.1. The van der Waals surface area contributed by atoms with Gasteiger partial charge in [0.05, 0.1) is 11.5 Å². The molecule has 0 bridgehead atoms. The second-order valence-electron chi connectivity index (χ2n) is 7.58. The van der Waals surface area contributed by atoms with Crippen molar-refractivity contribution in [3.63, 3.8) is 0 Å². The molecule has 1 saturated heterocycles. The van der Waals surface area contributed by atoms with Crippen LogP contribution in [0, 0.1) is 5.92 Å². The third kappa shape index (κ3) is 5.17. The second kappa shape index (κ2) is 8.45. The summed E-state index contributed by atoms with van der Waals surface area (Å²) in [5.74, 6) is 0.832. The highest BCUT2D eigenvalue weighted by atomic mass is 32.2. The van der Waals surface area contributed by atoms with Crippen LogP contribution >= 0.6 is 0 Å². The van der Waals surface area contributed by atoms with Crippen molar-refractivity contribution in [3.8, 4) is 5.75 Å². The van der Waals surface area contributed by atoms with E-state index in [1.54, 1.807) is 24.3 Å². The Hall–Kier alpha value is -2.91. The smallest absolute Gasteiger partial charge is 0.324 e. The molecule has 9 heteroatoms. The topological polar surface area (TPSA) is 105 Å². The Bertz CT molecular complexity index is 1050. The third-order valence-corrected chi connectivity index (χ3v) is 6.43. The molecule has 30 heavy (non-hydrogen) atoms. The van der Waals surface area contributed by atoms with Crippen LogP contribution in [0.4, 0.5) is 4.79 Å². The summed E-state index contributed by atoms with van der Waals surface area (Å²) in [7, 11) is -3.67. The van der Waals surface area contributed by atoms with Crippen LogP contribution in [-0.4, -0.2) is 38.4 Å². The van der Waals surface area contributed by atoms with E-state index in [9.17, 15) is 18.0 Å². The summed E-state index contributed by atoms with van der Waals surface area (Å²) in [5.41, 5.74) is 1.64. The average molecular weight is 429 g/mol. The number of imide groups is 1. The Morgan fingerprint density at radius 1 is 1.07 bits per heavy atom. The van der Waals surface area contributed by atoms with Crippen LogP contribution in [0.25, 0.3) is 0 Å². The molecule has 1 aliphatic carbocycles. The molecule has 2 aromatic rings. The van der Waals surface area contributed by atoms with Gasteiger partial charge in [-0.1, -0.05) is 30.3 Å². The van der Waals surface area contributed by atoms with Gasteiger partial charge in [0.2, 0.25) is 15.9 Å². The van der Waals surface area contributed by atoms with Crippen LogP contribution in [0.1, 0.15) is 24.0 Å². The van der Waals surface area contributed by atoms with E-state index in [1.165, 1.54) is 29.9 Å². The van der Waals surface area contributed by atoms with Crippen LogP contribution in [0.2, 0.25) is 0 Å². The van der Waals surface area contributed by atoms with Gasteiger partial charge in [-0.3, -0.25) is 10.1 Å². The molecule has 2 N–H and O–H groups in total. The number of benzene rings is 2. The molecular formula is C21H23N3O5S. The van der Waals surface area contributed by atoms with Gasteiger partial charge in [-0.2, -0.15) is 0 Å². The van der Waals surface area contributed by atoms with E-state index in [4.69, 9.17) is 4.74 Å². The van der Waals surface area contributed by atoms with Crippen molar-refractivity contribution in [2.24, 2.45) is 5.92 Å². The Morgan fingerprint density at radius 3 is 2.47 bits per heavy atom. The van der Waals surface area contributed by atoms with Gasteiger partial charge < -0.3 is 9.64 Å². The maximum atomic E-state index is 12.6. The van der Waals surface area contributed by atoms with Crippen LogP contribution in [0.5, 0.6) is 5.75 Å². The van der Waals surface area contributed by atoms with Crippen molar-refractivity contribution >= 4 is 22.0 Å². The van der Waals surface area contributed by atoms with E-state index < -0.39 is 16.1 Å². The number of amides is 3. The van der Waals surface area contributed by atoms with Crippen molar-refractivity contribution in [2.45, 2.75) is 30.8 Å². The first-order valence-electron chi connectivity index (χ1n) is 9.78. The number of hydrogen-bond acceptors (Lipinski definition) is 5. The molecule has 2 aliphatic rings. The molecule has 0 spiro atoms. The predicted molar refractivity (Wildman–Crippen MR) is 109 cm³/mol. The lowest BCUT2D eigenvalue weighted by molar-refractivity contribution is -0.118. The van der Waals surface area contributed by atoms with Crippen LogP contribution < -0.4 is 14.8 Å². The first kappa shape index (κ1) is 20.4. The number of nitrogens with one attached hydrogen (secondary N) is 2. The summed E-state index contributed by atoms with van der Waals surface area (Å²) in [4.78, 5) is 24.4. The minimum atomic E-state index is -3.67. The van der Waals surface area contributed by atoms with Crippen LogP contribution in [-0.2, 0) is 27.9 Å². The van der Waals surface area contributed by atoms with Crippen molar-refractivity contribution in [3.05, 3.63) is 59.7 Å². The van der Waals surface area contributed by atoms with E-state index in [2.05, 4.69) is 10.0 Å². The maximum absolute atomic E-state index is 12.6. The highest BCUT2D eigenvalue weighted by molar-refractivity contribution is 7.89. The van der Waals surface area contributed by atoms with Crippen molar-refractivity contribution in [1.29, 1.82) is 0 Å². The van der Waals surface area contributed by atoms with Crippen molar-refractivity contribution in [1.82, 2.24) is 14.9 Å². The number of urea groups is 1. The molecule has 2 fully saturated rings. The molecule has 158 valence electrons. The Labute approximate surface area is 175 Å². The van der Waals surface area contributed by atoms with E-state index >= 15 is 0 Å². The number of rotatable bonds is 9. The van der Waals surface area contributed by atoms with Crippen LogP contribution in [0.3, 0.4) is 0 Å². The van der Waals surface area contributed by atoms with Crippen molar-refractivity contribution < 1.29 is 22.7 Å². The zero-order valence-electron chi connectivity index (χ0n) is 16.3. The van der Waals surface area contributed by atoms with E-state index in [1.807, 2.05) is 12.1 Å². The molecule has 0 aromatic heterocycles. The van der Waals surface area contributed by atoms with Crippen LogP contribution in [0.15, 0.2) is 53.4 Å². The highest BCUT2D eigenvalue weighted by Gasteiger charge is 2.26. The SMILES string of the molecule is O=C1CN(Cc2ccc(CNS(=O)(=O)c3cccc(OCC4CC4)c3)cc2)C(=O)N1. The lowest BCUT2D eigenvalue weighted by Crippen LogP contribution is -2.27. The molecule has 0 unspecified atom stereocenters. The fourth-order valence-electron chi connectivity index (χ4n) is 3.09. The lowest BCUT2D eigenvalue weighted by Gasteiger charge is -2.13. The third-order valence-electron chi connectivity index (χ3n) is 5.03. The molecular weight excluding hydrogens is 406 g/mol. The molecule has 1 aliphatic heterocycles. The molecule has 1 saturated carbocycles. The zero-order valence-corrected chi connectivity index (χ0v) is 17.2. The van der Waals surface area contributed by atoms with Crippen molar-refractivity contribution in [2.75, 3.05) is 13.2 Å². The molecule has 0 atom stereocenters. The van der Waals surface area contributed by atoms with Gasteiger partial charge in [0.25, 0.3) is 0 Å². The average Bonchev–Trinajstić information content (AvgIpc) is 3.50. The molecule has 0 radical (unpaired) electrons. The Kier molecular flexibility index (Phi) is 5.74. The summed E-state index contributed by atoms with van der Waals surface area (Å²) in [6, 6.07) is 13.3. The standard InChI is InChI=1S/C21H23N3O5S/c25-20-13-24(21(26)23-20)12-16-6-4-15(5-7-16)11-22-30(27,28)19-3-1-2-18(10-19)29-14-17-8-9-17/h1-7,10,17,22H,8-9,11-14H2,(H,23,25,26). The number of ether oxygens (including phenoxy) is 1. The monoisotopic (exact) mass is 429 g/mol.